The largest absolute Gasteiger partial charge is 0.378 e. The van der Waals surface area contributed by atoms with E-state index >= 15 is 0 Å². The lowest BCUT2D eigenvalue weighted by Crippen LogP contribution is -2.36. The molecule has 0 bridgehead atoms. The van der Waals surface area contributed by atoms with Gasteiger partial charge in [-0.2, -0.15) is 0 Å². The lowest BCUT2D eigenvalue weighted by Gasteiger charge is -2.28. The minimum absolute atomic E-state index is 0.00963. The van der Waals surface area contributed by atoms with E-state index in [0.717, 1.165) is 5.69 Å². The van der Waals surface area contributed by atoms with Crippen LogP contribution in [0.4, 0.5) is 22.7 Å². The van der Waals surface area contributed by atoms with Crippen molar-refractivity contribution in [2.45, 2.75) is 0 Å². The fourth-order valence-electron chi connectivity index (χ4n) is 3.59. The van der Waals surface area contributed by atoms with Gasteiger partial charge < -0.3 is 14.5 Å². The predicted octanol–water partition coefficient (Wildman–Crippen LogP) is 3.90. The summed E-state index contributed by atoms with van der Waals surface area (Å²) in [6.45, 7) is 2.28. The zero-order valence-corrected chi connectivity index (χ0v) is 19.3. The summed E-state index contributed by atoms with van der Waals surface area (Å²) in [6, 6.07) is 12.6. The number of nitro groups is 1. The maximum atomic E-state index is 13.1. The Morgan fingerprint density at radius 2 is 1.84 bits per heavy atom. The second kappa shape index (κ2) is 9.27. The van der Waals surface area contributed by atoms with Crippen molar-refractivity contribution in [1.82, 2.24) is 0 Å². The number of hydrogen-bond acceptors (Lipinski definition) is 8. The van der Waals surface area contributed by atoms with E-state index in [1.807, 2.05) is 48.2 Å². The van der Waals surface area contributed by atoms with Gasteiger partial charge in [-0.05, 0) is 42.0 Å². The number of thioether (sulfide) groups is 1. The summed E-state index contributed by atoms with van der Waals surface area (Å²) < 4.78 is 5.77. The summed E-state index contributed by atoms with van der Waals surface area (Å²) in [5, 5.41) is 11.7. The van der Waals surface area contributed by atoms with Crippen LogP contribution in [-0.4, -0.2) is 55.5 Å². The molecule has 2 fully saturated rings. The van der Waals surface area contributed by atoms with E-state index in [4.69, 9.17) is 17.0 Å². The average molecular weight is 471 g/mol. The molecule has 0 radical (unpaired) electrons. The van der Waals surface area contributed by atoms with Gasteiger partial charge >= 0.3 is 0 Å². The smallest absolute Gasteiger partial charge is 0.293 e. The standard InChI is InChI=1S/C22H22N4O4S2/c1-23(2)16-4-6-17(7-5-16)25-21(27)20(32-22(25)31)14-15-3-8-18(19(13-15)26(28)29)24-9-11-30-12-10-24/h3-8,13-14H,9-12H2,1-2H3/b20-14-. The third-order valence-corrected chi connectivity index (χ3v) is 6.57. The fourth-order valence-corrected chi connectivity index (χ4v) is 4.89. The molecule has 2 aromatic carbocycles. The molecular weight excluding hydrogens is 448 g/mol. The molecule has 2 aromatic rings. The van der Waals surface area contributed by atoms with E-state index in [1.165, 1.54) is 22.7 Å². The van der Waals surface area contributed by atoms with Gasteiger partial charge in [-0.25, -0.2) is 0 Å². The van der Waals surface area contributed by atoms with Crippen LogP contribution in [0.25, 0.3) is 6.08 Å². The second-order valence-corrected chi connectivity index (χ2v) is 9.21. The van der Waals surface area contributed by atoms with Gasteiger partial charge in [0.05, 0.1) is 28.7 Å². The fraction of sp³-hybridized carbons (Fsp3) is 0.273. The van der Waals surface area contributed by atoms with E-state index in [9.17, 15) is 14.9 Å². The Hall–Kier alpha value is -2.95. The first kappa shape index (κ1) is 22.3. The number of hydrogen-bond donors (Lipinski definition) is 0. The summed E-state index contributed by atoms with van der Waals surface area (Å²) >= 11 is 6.63. The second-order valence-electron chi connectivity index (χ2n) is 7.53. The van der Waals surface area contributed by atoms with Crippen molar-refractivity contribution < 1.29 is 14.5 Å². The van der Waals surface area contributed by atoms with Gasteiger partial charge in [0.15, 0.2) is 4.32 Å². The molecule has 0 unspecified atom stereocenters. The highest BCUT2D eigenvalue weighted by molar-refractivity contribution is 8.27. The summed E-state index contributed by atoms with van der Waals surface area (Å²) in [5.74, 6) is -0.238. The molecule has 2 aliphatic heterocycles. The zero-order valence-electron chi connectivity index (χ0n) is 17.7. The molecular formula is C22H22N4O4S2. The van der Waals surface area contributed by atoms with Crippen LogP contribution < -0.4 is 14.7 Å². The predicted molar refractivity (Wildman–Crippen MR) is 133 cm³/mol. The highest BCUT2D eigenvalue weighted by Gasteiger charge is 2.33. The van der Waals surface area contributed by atoms with E-state index in [0.29, 0.717) is 52.5 Å². The Labute approximate surface area is 195 Å². The summed E-state index contributed by atoms with van der Waals surface area (Å²) in [7, 11) is 3.89. The van der Waals surface area contributed by atoms with Crippen LogP contribution in [0.2, 0.25) is 0 Å². The van der Waals surface area contributed by atoms with Gasteiger partial charge in [0.25, 0.3) is 11.6 Å². The number of anilines is 3. The number of nitrogens with zero attached hydrogens (tertiary/aromatic N) is 4. The van der Waals surface area contributed by atoms with Gasteiger partial charge in [0.2, 0.25) is 0 Å². The molecule has 2 heterocycles. The third kappa shape index (κ3) is 4.47. The Morgan fingerprint density at radius 3 is 2.47 bits per heavy atom. The van der Waals surface area contributed by atoms with E-state index in [2.05, 4.69) is 0 Å². The van der Waals surface area contributed by atoms with Crippen molar-refractivity contribution in [2.75, 3.05) is 55.1 Å². The van der Waals surface area contributed by atoms with Gasteiger partial charge in [0.1, 0.15) is 5.69 Å². The van der Waals surface area contributed by atoms with Crippen molar-refractivity contribution in [3.05, 3.63) is 63.0 Å². The number of carbonyl (C=O) groups excluding carboxylic acids is 1. The molecule has 0 spiro atoms. The van der Waals surface area contributed by atoms with Crippen molar-refractivity contribution in [3.8, 4) is 0 Å². The maximum Gasteiger partial charge on any atom is 0.293 e. The van der Waals surface area contributed by atoms with Crippen molar-refractivity contribution >= 4 is 63.0 Å². The molecule has 0 saturated carbocycles. The number of rotatable bonds is 5. The van der Waals surface area contributed by atoms with Crippen LogP contribution in [0, 0.1) is 10.1 Å². The summed E-state index contributed by atoms with van der Waals surface area (Å²) in [4.78, 5) is 30.2. The monoisotopic (exact) mass is 470 g/mol. The minimum atomic E-state index is -0.389. The van der Waals surface area contributed by atoms with Crippen LogP contribution in [-0.2, 0) is 9.53 Å². The number of morpholine rings is 1. The molecule has 0 atom stereocenters. The number of carbonyl (C=O) groups is 1. The Morgan fingerprint density at radius 1 is 1.16 bits per heavy atom. The normalized spacial score (nSPS) is 17.9. The van der Waals surface area contributed by atoms with E-state index in [1.54, 1.807) is 18.2 Å². The molecule has 4 rings (SSSR count). The molecule has 2 saturated heterocycles. The van der Waals surface area contributed by atoms with Gasteiger partial charge in [-0.3, -0.25) is 19.8 Å². The third-order valence-electron chi connectivity index (χ3n) is 5.26. The molecule has 10 heteroatoms. The van der Waals surface area contributed by atoms with Crippen LogP contribution in [0.3, 0.4) is 0 Å². The topological polar surface area (TPSA) is 79.2 Å². The van der Waals surface area contributed by atoms with Crippen LogP contribution in [0.1, 0.15) is 5.56 Å². The first-order valence-electron chi connectivity index (χ1n) is 10.0. The Bertz CT molecular complexity index is 1100. The van der Waals surface area contributed by atoms with Crippen molar-refractivity contribution in [1.29, 1.82) is 0 Å². The Kier molecular flexibility index (Phi) is 6.45. The molecule has 166 valence electrons. The number of ether oxygens (including phenoxy) is 1. The highest BCUT2D eigenvalue weighted by atomic mass is 32.2. The van der Waals surface area contributed by atoms with Crippen LogP contribution >= 0.6 is 24.0 Å². The SMILES string of the molecule is CN(C)c1ccc(N2C(=O)/C(=C/c3ccc(N4CCOCC4)c([N+](=O)[O-])c3)SC2=S)cc1. The average Bonchev–Trinajstić information content (AvgIpc) is 3.07. The van der Waals surface area contributed by atoms with Gasteiger partial charge in [0, 0.05) is 38.9 Å². The first-order chi connectivity index (χ1) is 15.3. The van der Waals surface area contributed by atoms with E-state index in [-0.39, 0.29) is 16.5 Å². The first-order valence-corrected chi connectivity index (χ1v) is 11.2. The number of thiocarbonyl (C=S) groups is 1. The molecule has 2 aliphatic rings. The highest BCUT2D eigenvalue weighted by Crippen LogP contribution is 2.37. The molecule has 0 aromatic heterocycles. The van der Waals surface area contributed by atoms with Gasteiger partial charge in [-0.15, -0.1) is 0 Å². The number of nitro benzene ring substituents is 1. The van der Waals surface area contributed by atoms with Crippen molar-refractivity contribution in [2.24, 2.45) is 0 Å². The Balaban J connectivity index is 1.61. The van der Waals surface area contributed by atoms with Crippen molar-refractivity contribution in [3.63, 3.8) is 0 Å². The lowest BCUT2D eigenvalue weighted by atomic mass is 10.1. The molecule has 8 nitrogen and oxygen atoms in total. The van der Waals surface area contributed by atoms with E-state index < -0.39 is 0 Å². The number of amides is 1. The maximum absolute atomic E-state index is 13.1. The summed E-state index contributed by atoms with van der Waals surface area (Å²) in [6.07, 6.45) is 1.66. The molecule has 0 aliphatic carbocycles. The van der Waals surface area contributed by atoms with Crippen LogP contribution in [0.15, 0.2) is 47.4 Å². The molecule has 32 heavy (non-hydrogen) atoms. The molecule has 1 amide bonds. The quantitative estimate of drug-likeness (QED) is 0.282. The lowest BCUT2D eigenvalue weighted by molar-refractivity contribution is -0.384. The van der Waals surface area contributed by atoms with Gasteiger partial charge in [-0.1, -0.05) is 30.0 Å². The summed E-state index contributed by atoms with van der Waals surface area (Å²) in [5.41, 5.74) is 2.86. The van der Waals surface area contributed by atoms with Crippen LogP contribution in [0.5, 0.6) is 0 Å². The number of benzene rings is 2. The minimum Gasteiger partial charge on any atom is -0.378 e. The molecule has 0 N–H and O–H groups in total. The zero-order chi connectivity index (χ0) is 22.8.